The lowest BCUT2D eigenvalue weighted by atomic mass is 9.96. The Balaban J connectivity index is 1.24. The highest BCUT2D eigenvalue weighted by Gasteiger charge is 2.28. The van der Waals surface area contributed by atoms with Crippen molar-refractivity contribution in [2.45, 2.75) is 58.6 Å². The third-order valence-electron chi connectivity index (χ3n) is 8.05. The van der Waals surface area contributed by atoms with E-state index < -0.39 is 5.60 Å². The van der Waals surface area contributed by atoms with Crippen molar-refractivity contribution < 1.29 is 19.1 Å². The highest BCUT2D eigenvalue weighted by Crippen LogP contribution is 2.37. The Morgan fingerprint density at radius 2 is 1.74 bits per heavy atom. The van der Waals surface area contributed by atoms with Gasteiger partial charge in [0.15, 0.2) is 5.78 Å². The molecule has 9 nitrogen and oxygen atoms in total. The Labute approximate surface area is 275 Å². The zero-order valence-corrected chi connectivity index (χ0v) is 27.2. The number of pyridine rings is 1. The number of likely N-dealkylation sites (tertiary alicyclic amines) is 1. The molecule has 240 valence electrons. The van der Waals surface area contributed by atoms with Crippen LogP contribution in [-0.2, 0) is 11.2 Å². The summed E-state index contributed by atoms with van der Waals surface area (Å²) in [5.41, 5.74) is 3.38. The number of hydrogen-bond acceptors (Lipinski definition) is 8. The minimum Gasteiger partial charge on any atom is -0.444 e. The van der Waals surface area contributed by atoms with Gasteiger partial charge in [0.1, 0.15) is 11.4 Å². The second-order valence-corrected chi connectivity index (χ2v) is 12.8. The van der Waals surface area contributed by atoms with E-state index in [1.165, 1.54) is 0 Å². The van der Waals surface area contributed by atoms with Gasteiger partial charge in [-0.05, 0) is 75.2 Å². The topological polar surface area (TPSA) is 107 Å². The fourth-order valence-corrected chi connectivity index (χ4v) is 5.80. The highest BCUT2D eigenvalue weighted by atomic mass is 16.6. The summed E-state index contributed by atoms with van der Waals surface area (Å²) in [6.45, 7) is 8.76. The van der Waals surface area contributed by atoms with Gasteiger partial charge in [-0.3, -0.25) is 4.79 Å². The first kappa shape index (κ1) is 31.7. The normalized spacial score (nSPS) is 14.9. The van der Waals surface area contributed by atoms with E-state index in [0.717, 1.165) is 34.7 Å². The molecule has 9 heteroatoms. The van der Waals surface area contributed by atoms with E-state index >= 15 is 0 Å². The Morgan fingerprint density at radius 1 is 0.915 bits per heavy atom. The predicted molar refractivity (Wildman–Crippen MR) is 183 cm³/mol. The molecule has 0 bridgehead atoms. The third kappa shape index (κ3) is 7.57. The molecule has 1 fully saturated rings. The van der Waals surface area contributed by atoms with Crippen molar-refractivity contribution in [1.82, 2.24) is 19.9 Å². The molecule has 3 aromatic carbocycles. The van der Waals surface area contributed by atoms with Crippen LogP contribution < -0.4 is 10.1 Å². The lowest BCUT2D eigenvalue weighted by Gasteiger charge is -2.34. The number of carbonyl (C=O) groups excluding carboxylic acids is 2. The molecular weight excluding hydrogens is 590 g/mol. The minimum atomic E-state index is -0.549. The van der Waals surface area contributed by atoms with E-state index in [0.29, 0.717) is 47.5 Å². The molecule has 1 aliphatic heterocycles. The summed E-state index contributed by atoms with van der Waals surface area (Å²) < 4.78 is 12.2. The van der Waals surface area contributed by atoms with Gasteiger partial charge in [-0.1, -0.05) is 60.7 Å². The first-order valence-electron chi connectivity index (χ1n) is 15.9. The molecular formula is C38H39N5O4. The summed E-state index contributed by atoms with van der Waals surface area (Å²) in [6, 6.07) is 24.9. The molecule has 2 aromatic heterocycles. The van der Waals surface area contributed by atoms with Crippen LogP contribution in [0.2, 0.25) is 0 Å². The molecule has 1 saturated heterocycles. The minimum absolute atomic E-state index is 0.0163. The Morgan fingerprint density at radius 3 is 2.55 bits per heavy atom. The lowest BCUT2D eigenvalue weighted by molar-refractivity contribution is 0.0206. The lowest BCUT2D eigenvalue weighted by Crippen LogP contribution is -2.47. The smallest absolute Gasteiger partial charge is 0.410 e. The van der Waals surface area contributed by atoms with Gasteiger partial charge in [0.05, 0.1) is 11.3 Å². The van der Waals surface area contributed by atoms with Gasteiger partial charge in [0.25, 0.3) is 0 Å². The fraction of sp³-hybridized carbons (Fsp3) is 0.289. The number of hydrogen-bond donors (Lipinski definition) is 1. The first-order chi connectivity index (χ1) is 22.6. The summed E-state index contributed by atoms with van der Waals surface area (Å²) in [7, 11) is 0. The maximum Gasteiger partial charge on any atom is 0.410 e. The van der Waals surface area contributed by atoms with E-state index in [2.05, 4.69) is 15.3 Å². The van der Waals surface area contributed by atoms with Crippen LogP contribution in [-0.4, -0.2) is 56.5 Å². The summed E-state index contributed by atoms with van der Waals surface area (Å²) in [6.07, 6.45) is 5.10. The van der Waals surface area contributed by atoms with Gasteiger partial charge in [-0.2, -0.15) is 0 Å². The number of amides is 1. The van der Waals surface area contributed by atoms with Crippen molar-refractivity contribution >= 4 is 28.6 Å². The number of rotatable bonds is 8. The van der Waals surface area contributed by atoms with Gasteiger partial charge in [0.2, 0.25) is 11.8 Å². The largest absolute Gasteiger partial charge is 0.444 e. The fourth-order valence-electron chi connectivity index (χ4n) is 5.80. The molecule has 0 radical (unpaired) electrons. The number of nitrogens with zero attached hydrogens (tertiary/aromatic N) is 4. The van der Waals surface area contributed by atoms with Crippen molar-refractivity contribution in [3.63, 3.8) is 0 Å². The van der Waals surface area contributed by atoms with E-state index in [1.807, 2.05) is 107 Å². The summed E-state index contributed by atoms with van der Waals surface area (Å²) in [4.78, 5) is 41.4. The molecule has 5 aromatic rings. The van der Waals surface area contributed by atoms with Gasteiger partial charge >= 0.3 is 6.09 Å². The van der Waals surface area contributed by atoms with Gasteiger partial charge < -0.3 is 19.7 Å². The molecule has 0 saturated carbocycles. The quantitative estimate of drug-likeness (QED) is 0.172. The Kier molecular flexibility index (Phi) is 9.15. The van der Waals surface area contributed by atoms with Gasteiger partial charge in [0, 0.05) is 48.9 Å². The Bertz CT molecular complexity index is 1900. The van der Waals surface area contributed by atoms with Gasteiger partial charge in [-0.15, -0.1) is 0 Å². The maximum absolute atomic E-state index is 13.1. The van der Waals surface area contributed by atoms with Crippen LogP contribution >= 0.6 is 0 Å². The monoisotopic (exact) mass is 629 g/mol. The number of ketones is 1. The molecule has 1 N–H and O–H groups in total. The number of nitrogens with one attached hydrogen (secondary N) is 1. The van der Waals surface area contributed by atoms with Crippen LogP contribution in [0, 0.1) is 6.92 Å². The molecule has 1 aliphatic rings. The van der Waals surface area contributed by atoms with E-state index in [9.17, 15) is 9.59 Å². The number of ether oxygens (including phenoxy) is 2. The zero-order chi connectivity index (χ0) is 33.0. The number of Topliss-reactive ketones (excluding diaryl/α,β-unsaturated/α-hetero) is 1. The molecule has 0 unspecified atom stereocenters. The van der Waals surface area contributed by atoms with Crippen molar-refractivity contribution in [1.29, 1.82) is 0 Å². The number of aromatic nitrogens is 3. The molecule has 1 amide bonds. The van der Waals surface area contributed by atoms with Crippen molar-refractivity contribution in [2.75, 3.05) is 18.4 Å². The molecule has 3 heterocycles. The van der Waals surface area contributed by atoms with E-state index in [-0.39, 0.29) is 24.3 Å². The molecule has 6 rings (SSSR count). The number of piperidine rings is 1. The van der Waals surface area contributed by atoms with Gasteiger partial charge in [-0.25, -0.2) is 19.7 Å². The average molecular weight is 630 g/mol. The third-order valence-corrected chi connectivity index (χ3v) is 8.05. The second-order valence-electron chi connectivity index (χ2n) is 12.8. The Hall–Kier alpha value is -5.31. The van der Waals surface area contributed by atoms with Crippen molar-refractivity contribution in [3.8, 4) is 22.9 Å². The molecule has 0 spiro atoms. The van der Waals surface area contributed by atoms with Crippen LogP contribution in [0.5, 0.6) is 11.6 Å². The number of carbonyl (C=O) groups is 2. The number of fused-ring (bicyclic) bond motifs is 1. The summed E-state index contributed by atoms with van der Waals surface area (Å²) >= 11 is 0. The summed E-state index contributed by atoms with van der Waals surface area (Å²) in [5.74, 6) is 1.61. The van der Waals surface area contributed by atoms with E-state index in [1.54, 1.807) is 17.3 Å². The second kappa shape index (κ2) is 13.6. The molecule has 47 heavy (non-hydrogen) atoms. The number of anilines is 1. The van der Waals surface area contributed by atoms with Crippen LogP contribution in [0.4, 0.5) is 10.7 Å². The van der Waals surface area contributed by atoms with Crippen LogP contribution in [0.15, 0.2) is 91.3 Å². The first-order valence-corrected chi connectivity index (χ1v) is 15.9. The van der Waals surface area contributed by atoms with Crippen LogP contribution in [0.3, 0.4) is 0 Å². The average Bonchev–Trinajstić information content (AvgIpc) is 3.06. The standard InChI is InChI=1S/C38H39N5O4/c1-25-17-18-29-27(23-33(44)26-11-6-5-7-12-26)13-8-15-30(29)34(25)46-35-31(16-9-20-39-35)32-19-21-40-36(42-32)41-28-14-10-22-43(24-28)37(45)47-38(2,3)4/h5-9,11-13,15-21,28H,10,14,22-24H2,1-4H3,(H,40,41,42)/t28-/m0/s1. The highest BCUT2D eigenvalue weighted by molar-refractivity contribution is 6.01. The van der Waals surface area contributed by atoms with E-state index in [4.69, 9.17) is 14.5 Å². The number of aryl methyl sites for hydroxylation is 1. The van der Waals surface area contributed by atoms with Crippen LogP contribution in [0.25, 0.3) is 22.0 Å². The van der Waals surface area contributed by atoms with Crippen molar-refractivity contribution in [3.05, 3.63) is 108 Å². The molecule has 1 atom stereocenters. The van der Waals surface area contributed by atoms with Crippen LogP contribution in [0.1, 0.15) is 55.1 Å². The predicted octanol–water partition coefficient (Wildman–Crippen LogP) is 8.03. The number of benzene rings is 3. The maximum atomic E-state index is 13.1. The summed E-state index contributed by atoms with van der Waals surface area (Å²) in [5, 5.41) is 5.27. The zero-order valence-electron chi connectivity index (χ0n) is 27.2. The van der Waals surface area contributed by atoms with Crippen molar-refractivity contribution in [2.24, 2.45) is 0 Å². The molecule has 0 aliphatic carbocycles. The SMILES string of the molecule is Cc1ccc2c(CC(=O)c3ccccc3)cccc2c1Oc1ncccc1-c1ccnc(N[C@H]2CCCN(C(=O)OC(C)(C)C)C2)n1.